The molecule has 0 amide bonds. The van der Waals surface area contributed by atoms with Crippen LogP contribution in [0, 0.1) is 5.92 Å². The van der Waals surface area contributed by atoms with Gasteiger partial charge in [0.05, 0.1) is 25.4 Å². The zero-order valence-electron chi connectivity index (χ0n) is 20.6. The van der Waals surface area contributed by atoms with Crippen LogP contribution in [0.1, 0.15) is 45.5 Å². The lowest BCUT2D eigenvalue weighted by Crippen LogP contribution is -2.33. The van der Waals surface area contributed by atoms with Crippen molar-refractivity contribution in [2.24, 2.45) is 5.92 Å². The van der Waals surface area contributed by atoms with Crippen LogP contribution in [-0.4, -0.2) is 42.0 Å². The first-order chi connectivity index (χ1) is 17.5. The molecule has 2 atom stereocenters. The zero-order valence-corrected chi connectivity index (χ0v) is 20.6. The second-order valence-corrected chi connectivity index (χ2v) is 8.85. The van der Waals surface area contributed by atoms with Crippen molar-refractivity contribution >= 4 is 11.9 Å². The number of rotatable bonds is 13. The molecule has 3 rings (SSSR count). The number of aryl methyl sites for hydroxylation is 3. The third-order valence-electron chi connectivity index (χ3n) is 6.19. The molecule has 0 saturated carbocycles. The van der Waals surface area contributed by atoms with Gasteiger partial charge in [-0.3, -0.25) is 4.79 Å². The van der Waals surface area contributed by atoms with Gasteiger partial charge >= 0.3 is 11.9 Å². The van der Waals surface area contributed by atoms with Crippen LogP contribution in [0.4, 0.5) is 0 Å². The van der Waals surface area contributed by atoms with Crippen molar-refractivity contribution in [3.8, 4) is 0 Å². The Bertz CT molecular complexity index is 1110. The lowest BCUT2D eigenvalue weighted by Gasteiger charge is -2.20. The molecule has 3 aromatic rings. The van der Waals surface area contributed by atoms with E-state index in [1.54, 1.807) is 6.07 Å². The van der Waals surface area contributed by atoms with E-state index >= 15 is 0 Å². The zero-order chi connectivity index (χ0) is 25.8. The number of benzene rings is 3. The second-order valence-electron chi connectivity index (χ2n) is 8.85. The van der Waals surface area contributed by atoms with Crippen LogP contribution in [-0.2, 0) is 40.1 Å². The SMILES string of the molecule is COC(=O)c1cccc(CCCc2cccc(CC[C@@H](O)[C@@H](CO)C(=O)OCc3ccccc3)c2)c1. The fourth-order valence-corrected chi connectivity index (χ4v) is 4.11. The number of carbonyl (C=O) groups is 2. The van der Waals surface area contributed by atoms with Crippen LogP contribution in [0.25, 0.3) is 0 Å². The highest BCUT2D eigenvalue weighted by atomic mass is 16.5. The molecule has 36 heavy (non-hydrogen) atoms. The Morgan fingerprint density at radius 2 is 1.42 bits per heavy atom. The molecule has 0 unspecified atom stereocenters. The van der Waals surface area contributed by atoms with Crippen molar-refractivity contribution in [1.29, 1.82) is 0 Å². The lowest BCUT2D eigenvalue weighted by atomic mass is 9.95. The third kappa shape index (κ3) is 8.33. The number of ether oxygens (including phenoxy) is 2. The molecule has 2 N–H and O–H groups in total. The van der Waals surface area contributed by atoms with E-state index in [1.807, 2.05) is 60.7 Å². The van der Waals surface area contributed by atoms with Crippen molar-refractivity contribution in [3.63, 3.8) is 0 Å². The predicted molar refractivity (Wildman–Crippen MR) is 137 cm³/mol. The molecule has 6 nitrogen and oxygen atoms in total. The van der Waals surface area contributed by atoms with Gasteiger partial charge in [-0.15, -0.1) is 0 Å². The fourth-order valence-electron chi connectivity index (χ4n) is 4.11. The molecule has 0 aliphatic heterocycles. The van der Waals surface area contributed by atoms with E-state index < -0.39 is 24.6 Å². The summed E-state index contributed by atoms with van der Waals surface area (Å²) < 4.78 is 10.1. The third-order valence-corrected chi connectivity index (χ3v) is 6.19. The number of carbonyl (C=O) groups excluding carboxylic acids is 2. The average Bonchev–Trinajstić information content (AvgIpc) is 2.91. The molecule has 0 aromatic heterocycles. The molecule has 0 radical (unpaired) electrons. The minimum Gasteiger partial charge on any atom is -0.465 e. The monoisotopic (exact) mass is 490 g/mol. The summed E-state index contributed by atoms with van der Waals surface area (Å²) in [6.07, 6.45) is 2.58. The van der Waals surface area contributed by atoms with E-state index in [1.165, 1.54) is 12.7 Å². The Hall–Kier alpha value is -3.48. The van der Waals surface area contributed by atoms with E-state index in [2.05, 4.69) is 12.1 Å². The summed E-state index contributed by atoms with van der Waals surface area (Å²) in [5.74, 6) is -1.91. The van der Waals surface area contributed by atoms with Crippen LogP contribution in [0.3, 0.4) is 0 Å². The number of hydrogen-bond donors (Lipinski definition) is 2. The molecule has 0 bridgehead atoms. The van der Waals surface area contributed by atoms with Crippen LogP contribution in [0.15, 0.2) is 78.9 Å². The number of aliphatic hydroxyl groups is 2. The van der Waals surface area contributed by atoms with Gasteiger partial charge in [0.15, 0.2) is 0 Å². The standard InChI is InChI=1S/C30H34O6/c1-35-29(33)26-15-7-14-23(19-26)12-5-10-22-11-6-13-24(18-22)16-17-28(32)27(20-31)30(34)36-21-25-8-3-2-4-9-25/h2-4,6-9,11,13-15,18-19,27-28,31-32H,5,10,12,16-17,20-21H2,1H3/t27-,28-/m1/s1. The maximum atomic E-state index is 12.4. The van der Waals surface area contributed by atoms with Crippen molar-refractivity contribution in [2.45, 2.75) is 44.8 Å². The van der Waals surface area contributed by atoms with Crippen LogP contribution >= 0.6 is 0 Å². The summed E-state index contributed by atoms with van der Waals surface area (Å²) in [5.41, 5.74) is 4.75. The molecule has 0 aliphatic carbocycles. The predicted octanol–water partition coefficient (Wildman–Crippen LogP) is 4.29. The smallest absolute Gasteiger partial charge is 0.337 e. The Labute approximate surface area is 212 Å². The van der Waals surface area contributed by atoms with Crippen molar-refractivity contribution in [3.05, 3.63) is 107 Å². The van der Waals surface area contributed by atoms with E-state index in [-0.39, 0.29) is 12.6 Å². The highest BCUT2D eigenvalue weighted by Gasteiger charge is 2.27. The van der Waals surface area contributed by atoms with Crippen LogP contribution in [0.5, 0.6) is 0 Å². The highest BCUT2D eigenvalue weighted by Crippen LogP contribution is 2.17. The number of aliphatic hydroxyl groups excluding tert-OH is 2. The largest absolute Gasteiger partial charge is 0.465 e. The van der Waals surface area contributed by atoms with E-state index in [9.17, 15) is 19.8 Å². The molecule has 0 spiro atoms. The number of esters is 2. The van der Waals surface area contributed by atoms with Gasteiger partial charge in [0.25, 0.3) is 0 Å². The van der Waals surface area contributed by atoms with Gasteiger partial charge in [-0.1, -0.05) is 66.7 Å². The van der Waals surface area contributed by atoms with Gasteiger partial charge < -0.3 is 19.7 Å². The molecule has 0 fully saturated rings. The molecular weight excluding hydrogens is 456 g/mol. The van der Waals surface area contributed by atoms with E-state index in [0.717, 1.165) is 36.0 Å². The Morgan fingerprint density at radius 1 is 0.806 bits per heavy atom. The first-order valence-corrected chi connectivity index (χ1v) is 12.2. The van der Waals surface area contributed by atoms with Crippen LogP contribution < -0.4 is 0 Å². The first kappa shape index (κ1) is 27.1. The second kappa shape index (κ2) is 14.2. The first-order valence-electron chi connectivity index (χ1n) is 12.2. The molecule has 0 aliphatic rings. The van der Waals surface area contributed by atoms with Gasteiger partial charge in [-0.25, -0.2) is 4.79 Å². The van der Waals surface area contributed by atoms with Crippen molar-refractivity contribution in [1.82, 2.24) is 0 Å². The summed E-state index contributed by atoms with van der Waals surface area (Å²) >= 11 is 0. The van der Waals surface area contributed by atoms with Gasteiger partial charge in [0, 0.05) is 0 Å². The van der Waals surface area contributed by atoms with Crippen molar-refractivity contribution in [2.75, 3.05) is 13.7 Å². The van der Waals surface area contributed by atoms with Crippen molar-refractivity contribution < 1.29 is 29.3 Å². The summed E-state index contributed by atoms with van der Waals surface area (Å²) in [6, 6.07) is 25.0. The Kier molecular flexibility index (Phi) is 10.7. The lowest BCUT2D eigenvalue weighted by molar-refractivity contribution is -0.156. The molecule has 6 heteroatoms. The average molecular weight is 491 g/mol. The van der Waals surface area contributed by atoms with Gasteiger partial charge in [-0.2, -0.15) is 0 Å². The quantitative estimate of drug-likeness (QED) is 0.347. The van der Waals surface area contributed by atoms with E-state index in [0.29, 0.717) is 18.4 Å². The topological polar surface area (TPSA) is 93.1 Å². The fraction of sp³-hybridized carbons (Fsp3) is 0.333. The summed E-state index contributed by atoms with van der Waals surface area (Å²) in [6.45, 7) is -0.357. The maximum absolute atomic E-state index is 12.4. The molecular formula is C30H34O6. The minimum atomic E-state index is -0.996. The molecule has 3 aromatic carbocycles. The van der Waals surface area contributed by atoms with Crippen LogP contribution in [0.2, 0.25) is 0 Å². The van der Waals surface area contributed by atoms with Gasteiger partial charge in [0.1, 0.15) is 12.5 Å². The minimum absolute atomic E-state index is 0.109. The molecule has 0 heterocycles. The van der Waals surface area contributed by atoms with Gasteiger partial charge in [0.2, 0.25) is 0 Å². The molecule has 0 saturated heterocycles. The summed E-state index contributed by atoms with van der Waals surface area (Å²) in [7, 11) is 1.38. The van der Waals surface area contributed by atoms with Gasteiger partial charge in [-0.05, 0) is 66.5 Å². The summed E-state index contributed by atoms with van der Waals surface area (Å²) in [4.78, 5) is 24.1. The normalized spacial score (nSPS) is 12.5. The molecule has 190 valence electrons. The van der Waals surface area contributed by atoms with E-state index in [4.69, 9.17) is 9.47 Å². The number of hydrogen-bond acceptors (Lipinski definition) is 6. The summed E-state index contributed by atoms with van der Waals surface area (Å²) in [5, 5.41) is 20.2. The Morgan fingerprint density at radius 3 is 2.08 bits per heavy atom. The maximum Gasteiger partial charge on any atom is 0.337 e. The Balaban J connectivity index is 1.47. The highest BCUT2D eigenvalue weighted by molar-refractivity contribution is 5.89. The number of methoxy groups -OCH3 is 1.